The summed E-state index contributed by atoms with van der Waals surface area (Å²) in [7, 11) is 4.06. The lowest BCUT2D eigenvalue weighted by Gasteiger charge is -2.10. The maximum Gasteiger partial charge on any atom is 0.0701 e. The Morgan fingerprint density at radius 3 is 1.36 bits per heavy atom. The molecule has 0 amide bonds. The van der Waals surface area contributed by atoms with Gasteiger partial charge in [0.1, 0.15) is 0 Å². The molecule has 0 aromatic carbocycles. The molecule has 0 spiro atoms. The Hall–Kier alpha value is -0.200. The summed E-state index contributed by atoms with van der Waals surface area (Å²) in [6.07, 6.45) is 1.11. The summed E-state index contributed by atoms with van der Waals surface area (Å²) >= 11 is 0. The van der Waals surface area contributed by atoms with E-state index in [1.807, 2.05) is 27.9 Å². The number of nitrogens with zero attached hydrogens (tertiary/aromatic N) is 1. The summed E-state index contributed by atoms with van der Waals surface area (Å²) < 4.78 is 21.7. The molecule has 0 atom stereocenters. The molecule has 5 heteroatoms. The highest BCUT2D eigenvalue weighted by molar-refractivity contribution is 4.43. The van der Waals surface area contributed by atoms with E-state index in [0.717, 1.165) is 26.2 Å². The molecule has 0 aliphatic carbocycles. The highest BCUT2D eigenvalue weighted by Crippen LogP contribution is 1.98. The second-order valence-electron chi connectivity index (χ2n) is 5.44. The predicted octanol–water partition coefficient (Wildman–Crippen LogP) is 2.69. The molecular weight excluding hydrogens is 282 g/mol. The van der Waals surface area contributed by atoms with Gasteiger partial charge in [0.25, 0.3) is 0 Å². The van der Waals surface area contributed by atoms with Crippen LogP contribution in [-0.4, -0.2) is 78.4 Å². The van der Waals surface area contributed by atoms with Gasteiger partial charge < -0.3 is 23.8 Å². The van der Waals surface area contributed by atoms with E-state index in [1.165, 1.54) is 0 Å². The van der Waals surface area contributed by atoms with Crippen molar-refractivity contribution in [2.45, 2.75) is 34.1 Å². The van der Waals surface area contributed by atoms with Crippen molar-refractivity contribution in [2.75, 3.05) is 73.5 Å². The standard InChI is InChI=1S/C15H33NO4.C2H6/c1-15(2)5-7-17-9-11-19-13-14-20-12-10-18-8-6-16(3)4;1-2/h15H,5-14H2,1-4H3;1-2H3. The van der Waals surface area contributed by atoms with Crippen LogP contribution in [0.3, 0.4) is 0 Å². The van der Waals surface area contributed by atoms with E-state index in [4.69, 9.17) is 18.9 Å². The molecule has 0 N–H and O–H groups in total. The molecule has 136 valence electrons. The SMILES string of the molecule is CC.CC(C)CCOCCOCCOCCOCCN(C)C. The summed E-state index contributed by atoms with van der Waals surface area (Å²) in [6.45, 7) is 14.7. The predicted molar refractivity (Wildman–Crippen MR) is 92.6 cm³/mol. The van der Waals surface area contributed by atoms with Crippen LogP contribution >= 0.6 is 0 Å². The van der Waals surface area contributed by atoms with Gasteiger partial charge in [0.05, 0.1) is 46.2 Å². The highest BCUT2D eigenvalue weighted by atomic mass is 16.6. The topological polar surface area (TPSA) is 40.2 Å². The van der Waals surface area contributed by atoms with Crippen LogP contribution in [0.4, 0.5) is 0 Å². The fourth-order valence-electron chi connectivity index (χ4n) is 1.33. The van der Waals surface area contributed by atoms with Crippen molar-refractivity contribution in [3.05, 3.63) is 0 Å². The van der Waals surface area contributed by atoms with Gasteiger partial charge in [-0.15, -0.1) is 0 Å². The summed E-state index contributed by atoms with van der Waals surface area (Å²) in [5.41, 5.74) is 0. The molecule has 0 heterocycles. The molecule has 22 heavy (non-hydrogen) atoms. The minimum atomic E-state index is 0.614. The Bertz CT molecular complexity index is 169. The van der Waals surface area contributed by atoms with E-state index in [1.54, 1.807) is 0 Å². The molecule has 0 saturated carbocycles. The van der Waals surface area contributed by atoms with Gasteiger partial charge in [-0.2, -0.15) is 0 Å². The second-order valence-corrected chi connectivity index (χ2v) is 5.44. The van der Waals surface area contributed by atoms with E-state index in [-0.39, 0.29) is 0 Å². The lowest BCUT2D eigenvalue weighted by atomic mass is 10.1. The molecule has 0 aliphatic rings. The average molecular weight is 322 g/mol. The molecular formula is C17H39NO4. The third-order valence-electron chi connectivity index (χ3n) is 2.64. The minimum absolute atomic E-state index is 0.614. The van der Waals surface area contributed by atoms with Crippen LogP contribution in [0.25, 0.3) is 0 Å². The van der Waals surface area contributed by atoms with Gasteiger partial charge in [0.15, 0.2) is 0 Å². The van der Waals surface area contributed by atoms with Gasteiger partial charge in [-0.1, -0.05) is 27.7 Å². The number of hydrogen-bond donors (Lipinski definition) is 0. The number of rotatable bonds is 15. The fourth-order valence-corrected chi connectivity index (χ4v) is 1.33. The van der Waals surface area contributed by atoms with Crippen LogP contribution in [0, 0.1) is 5.92 Å². The molecule has 0 aliphatic heterocycles. The molecule has 0 aromatic heterocycles. The van der Waals surface area contributed by atoms with Gasteiger partial charge in [-0.05, 0) is 26.4 Å². The van der Waals surface area contributed by atoms with Crippen LogP contribution in [0.1, 0.15) is 34.1 Å². The van der Waals surface area contributed by atoms with Crippen molar-refractivity contribution < 1.29 is 18.9 Å². The monoisotopic (exact) mass is 321 g/mol. The quantitative estimate of drug-likeness (QED) is 0.434. The molecule has 5 nitrogen and oxygen atoms in total. The van der Waals surface area contributed by atoms with Gasteiger partial charge in [0, 0.05) is 13.2 Å². The van der Waals surface area contributed by atoms with E-state index < -0.39 is 0 Å². The van der Waals surface area contributed by atoms with Crippen LogP contribution in [0.2, 0.25) is 0 Å². The summed E-state index contributed by atoms with van der Waals surface area (Å²) in [5.74, 6) is 0.698. The molecule has 0 unspecified atom stereocenters. The van der Waals surface area contributed by atoms with Crippen molar-refractivity contribution in [3.63, 3.8) is 0 Å². The van der Waals surface area contributed by atoms with Crippen molar-refractivity contribution in [1.82, 2.24) is 4.90 Å². The molecule has 0 fully saturated rings. The second kappa shape index (κ2) is 20.8. The van der Waals surface area contributed by atoms with Crippen LogP contribution in [0.15, 0.2) is 0 Å². The first-order chi connectivity index (χ1) is 10.6. The maximum atomic E-state index is 5.45. The van der Waals surface area contributed by atoms with Gasteiger partial charge >= 0.3 is 0 Å². The third kappa shape index (κ3) is 24.8. The zero-order valence-corrected chi connectivity index (χ0v) is 15.7. The van der Waals surface area contributed by atoms with Gasteiger partial charge in [-0.25, -0.2) is 0 Å². The van der Waals surface area contributed by atoms with Gasteiger partial charge in [-0.3, -0.25) is 0 Å². The first-order valence-corrected chi connectivity index (χ1v) is 8.58. The van der Waals surface area contributed by atoms with Crippen molar-refractivity contribution in [1.29, 1.82) is 0 Å². The van der Waals surface area contributed by atoms with Crippen LogP contribution in [0.5, 0.6) is 0 Å². The molecule has 0 radical (unpaired) electrons. The van der Waals surface area contributed by atoms with Crippen molar-refractivity contribution in [3.8, 4) is 0 Å². The molecule has 0 bridgehead atoms. The number of likely N-dealkylation sites (N-methyl/N-ethyl adjacent to an activating group) is 1. The van der Waals surface area contributed by atoms with E-state index in [2.05, 4.69) is 18.7 Å². The Morgan fingerprint density at radius 2 is 1.00 bits per heavy atom. The zero-order chi connectivity index (χ0) is 17.1. The molecule has 0 aromatic rings. The Balaban J connectivity index is 0. The Morgan fingerprint density at radius 1 is 0.636 bits per heavy atom. The minimum Gasteiger partial charge on any atom is -0.379 e. The smallest absolute Gasteiger partial charge is 0.0701 e. The Kier molecular flexibility index (Phi) is 22.7. The van der Waals surface area contributed by atoms with Gasteiger partial charge in [0.2, 0.25) is 0 Å². The zero-order valence-electron chi connectivity index (χ0n) is 15.7. The van der Waals surface area contributed by atoms with E-state index in [9.17, 15) is 0 Å². The lowest BCUT2D eigenvalue weighted by Crippen LogP contribution is -2.19. The summed E-state index contributed by atoms with van der Waals surface area (Å²) in [5, 5.41) is 0. The summed E-state index contributed by atoms with van der Waals surface area (Å²) in [6, 6.07) is 0. The molecule has 0 saturated heterocycles. The van der Waals surface area contributed by atoms with Crippen molar-refractivity contribution in [2.24, 2.45) is 5.92 Å². The Labute approximate surface area is 138 Å². The summed E-state index contributed by atoms with van der Waals surface area (Å²) in [4.78, 5) is 2.10. The highest BCUT2D eigenvalue weighted by Gasteiger charge is 1.95. The largest absolute Gasteiger partial charge is 0.379 e. The molecule has 0 rings (SSSR count). The average Bonchev–Trinajstić information content (AvgIpc) is 2.49. The number of ether oxygens (including phenoxy) is 4. The van der Waals surface area contributed by atoms with Crippen molar-refractivity contribution >= 4 is 0 Å². The lowest BCUT2D eigenvalue weighted by molar-refractivity contribution is -0.00379. The first kappa shape index (κ1) is 24.1. The normalized spacial score (nSPS) is 10.9. The number of hydrogen-bond acceptors (Lipinski definition) is 5. The van der Waals surface area contributed by atoms with E-state index >= 15 is 0 Å². The third-order valence-corrected chi connectivity index (χ3v) is 2.64. The maximum absolute atomic E-state index is 5.45. The first-order valence-electron chi connectivity index (χ1n) is 8.58. The fraction of sp³-hybridized carbons (Fsp3) is 1.00. The van der Waals surface area contributed by atoms with Crippen LogP contribution in [-0.2, 0) is 18.9 Å². The van der Waals surface area contributed by atoms with E-state index in [0.29, 0.717) is 45.6 Å². The van der Waals surface area contributed by atoms with Crippen LogP contribution < -0.4 is 0 Å².